The van der Waals surface area contributed by atoms with E-state index in [4.69, 9.17) is 4.74 Å². The molecule has 2 heterocycles. The third-order valence-corrected chi connectivity index (χ3v) is 3.75. The predicted octanol–water partition coefficient (Wildman–Crippen LogP) is 2.35. The number of thiazole rings is 1. The number of rotatable bonds is 3. The number of hydrogen-bond donors (Lipinski definition) is 1. The number of benzene rings is 1. The monoisotopic (exact) mass is 247 g/mol. The summed E-state index contributed by atoms with van der Waals surface area (Å²) in [5.74, 6) is 0.954. The lowest BCUT2D eigenvalue weighted by atomic mass is 10.0. The first-order valence-electron chi connectivity index (χ1n) is 5.65. The highest BCUT2D eigenvalue weighted by atomic mass is 32.1. The van der Waals surface area contributed by atoms with E-state index >= 15 is 0 Å². The molecule has 1 atom stereocenters. The third-order valence-electron chi connectivity index (χ3n) is 2.95. The van der Waals surface area contributed by atoms with Crippen LogP contribution in [0.5, 0.6) is 5.75 Å². The van der Waals surface area contributed by atoms with Gasteiger partial charge < -0.3 is 9.84 Å². The summed E-state index contributed by atoms with van der Waals surface area (Å²) in [5, 5.41) is 13.0. The molecule has 2 aromatic rings. The molecule has 0 fully saturated rings. The third kappa shape index (κ3) is 2.18. The first-order valence-corrected chi connectivity index (χ1v) is 6.53. The molecule has 0 aliphatic carbocycles. The Hall–Kier alpha value is -1.39. The van der Waals surface area contributed by atoms with Crippen molar-refractivity contribution in [3.63, 3.8) is 0 Å². The van der Waals surface area contributed by atoms with E-state index in [-0.39, 0.29) is 0 Å². The molecule has 0 bridgehead atoms. The van der Waals surface area contributed by atoms with Crippen LogP contribution in [0, 0.1) is 0 Å². The molecule has 0 spiro atoms. The summed E-state index contributed by atoms with van der Waals surface area (Å²) in [6.07, 6.45) is 2.81. The van der Waals surface area contributed by atoms with Crippen LogP contribution in [-0.4, -0.2) is 16.7 Å². The molecule has 0 saturated carbocycles. The zero-order valence-corrected chi connectivity index (χ0v) is 10.1. The first-order chi connectivity index (χ1) is 8.33. The van der Waals surface area contributed by atoms with Crippen LogP contribution < -0.4 is 4.74 Å². The van der Waals surface area contributed by atoms with Gasteiger partial charge in [0.05, 0.1) is 17.7 Å². The van der Waals surface area contributed by atoms with Crippen molar-refractivity contribution >= 4 is 11.3 Å². The fourth-order valence-electron chi connectivity index (χ4n) is 2.05. The molecule has 3 nitrogen and oxygen atoms in total. The van der Waals surface area contributed by atoms with Crippen LogP contribution in [0.25, 0.3) is 0 Å². The van der Waals surface area contributed by atoms with Gasteiger partial charge in [-0.25, -0.2) is 4.98 Å². The van der Waals surface area contributed by atoms with Crippen LogP contribution >= 0.6 is 11.3 Å². The molecule has 1 aliphatic rings. The summed E-state index contributed by atoms with van der Waals surface area (Å²) in [4.78, 5) is 4.19. The highest BCUT2D eigenvalue weighted by molar-refractivity contribution is 7.09. The van der Waals surface area contributed by atoms with Gasteiger partial charge in [-0.3, -0.25) is 0 Å². The van der Waals surface area contributed by atoms with Gasteiger partial charge in [0.2, 0.25) is 0 Å². The summed E-state index contributed by atoms with van der Waals surface area (Å²) in [5.41, 5.74) is 2.14. The number of hydrogen-bond acceptors (Lipinski definition) is 4. The van der Waals surface area contributed by atoms with Crippen molar-refractivity contribution in [2.24, 2.45) is 0 Å². The van der Waals surface area contributed by atoms with Crippen molar-refractivity contribution in [2.75, 3.05) is 6.61 Å². The van der Waals surface area contributed by atoms with Crippen LogP contribution in [-0.2, 0) is 12.8 Å². The first kappa shape index (κ1) is 10.7. The summed E-state index contributed by atoms with van der Waals surface area (Å²) < 4.78 is 5.45. The Morgan fingerprint density at radius 1 is 1.47 bits per heavy atom. The second-order valence-corrected chi connectivity index (χ2v) is 5.09. The van der Waals surface area contributed by atoms with Crippen molar-refractivity contribution in [2.45, 2.75) is 18.9 Å². The molecule has 1 unspecified atom stereocenters. The van der Waals surface area contributed by atoms with Crippen molar-refractivity contribution in [1.82, 2.24) is 4.98 Å². The minimum atomic E-state index is -0.480. The van der Waals surface area contributed by atoms with E-state index in [1.54, 1.807) is 17.5 Å². The van der Waals surface area contributed by atoms with Gasteiger partial charge >= 0.3 is 0 Å². The number of fused-ring (bicyclic) bond motifs is 1. The molecule has 17 heavy (non-hydrogen) atoms. The molecule has 0 radical (unpaired) electrons. The van der Waals surface area contributed by atoms with Gasteiger partial charge in [0.15, 0.2) is 0 Å². The fraction of sp³-hybridized carbons (Fsp3) is 0.308. The van der Waals surface area contributed by atoms with Gasteiger partial charge in [0.25, 0.3) is 0 Å². The normalized spacial score (nSPS) is 15.4. The smallest absolute Gasteiger partial charge is 0.122 e. The standard InChI is InChI=1S/C13H13NO2S/c15-11(8-13-14-4-6-17-13)9-1-2-12-10(7-9)3-5-16-12/h1-2,4,6-7,11,15H,3,5,8H2. The molecule has 0 saturated heterocycles. The Kier molecular flexibility index (Phi) is 2.82. The van der Waals surface area contributed by atoms with Gasteiger partial charge in [-0.15, -0.1) is 11.3 Å². The second kappa shape index (κ2) is 4.47. The molecule has 3 rings (SSSR count). The summed E-state index contributed by atoms with van der Waals surface area (Å²) in [7, 11) is 0. The molecular formula is C13H13NO2S. The topological polar surface area (TPSA) is 42.4 Å². The Morgan fingerprint density at radius 2 is 2.41 bits per heavy atom. The molecule has 1 N–H and O–H groups in total. The van der Waals surface area contributed by atoms with Crippen LogP contribution in [0.2, 0.25) is 0 Å². The van der Waals surface area contributed by atoms with Gasteiger partial charge in [-0.05, 0) is 23.3 Å². The number of ether oxygens (including phenoxy) is 1. The maximum atomic E-state index is 10.1. The quantitative estimate of drug-likeness (QED) is 0.905. The largest absolute Gasteiger partial charge is 0.493 e. The highest BCUT2D eigenvalue weighted by Crippen LogP contribution is 2.29. The molecule has 1 aromatic carbocycles. The van der Waals surface area contributed by atoms with E-state index < -0.39 is 6.10 Å². The number of aliphatic hydroxyl groups is 1. The Morgan fingerprint density at radius 3 is 3.24 bits per heavy atom. The van der Waals surface area contributed by atoms with Crippen molar-refractivity contribution in [3.05, 3.63) is 45.9 Å². The van der Waals surface area contributed by atoms with Crippen molar-refractivity contribution in [1.29, 1.82) is 0 Å². The fourth-order valence-corrected chi connectivity index (χ4v) is 2.71. The van der Waals surface area contributed by atoms with E-state index in [0.717, 1.165) is 29.3 Å². The minimum absolute atomic E-state index is 0.480. The predicted molar refractivity (Wildman–Crippen MR) is 66.4 cm³/mol. The average molecular weight is 247 g/mol. The van der Waals surface area contributed by atoms with E-state index in [1.165, 1.54) is 5.56 Å². The molecule has 88 valence electrons. The summed E-state index contributed by atoms with van der Waals surface area (Å²) in [6, 6.07) is 5.92. The second-order valence-electron chi connectivity index (χ2n) is 4.11. The van der Waals surface area contributed by atoms with Gasteiger partial charge in [-0.2, -0.15) is 0 Å². The van der Waals surface area contributed by atoms with Crippen LogP contribution in [0.4, 0.5) is 0 Å². The maximum absolute atomic E-state index is 10.1. The maximum Gasteiger partial charge on any atom is 0.122 e. The van der Waals surface area contributed by atoms with E-state index in [9.17, 15) is 5.11 Å². The molecule has 0 amide bonds. The Labute approximate surface area is 104 Å². The molecule has 1 aromatic heterocycles. The van der Waals surface area contributed by atoms with E-state index in [0.29, 0.717) is 6.42 Å². The van der Waals surface area contributed by atoms with Crippen LogP contribution in [0.1, 0.15) is 22.2 Å². The van der Waals surface area contributed by atoms with Gasteiger partial charge in [0.1, 0.15) is 5.75 Å². The van der Waals surface area contributed by atoms with E-state index in [1.807, 2.05) is 23.6 Å². The summed E-state index contributed by atoms with van der Waals surface area (Å²) in [6.45, 7) is 0.751. The van der Waals surface area contributed by atoms with Crippen LogP contribution in [0.3, 0.4) is 0 Å². The Bertz CT molecular complexity index is 510. The SMILES string of the molecule is OC(Cc1nccs1)c1ccc2c(c1)CCO2. The zero-order valence-electron chi connectivity index (χ0n) is 9.30. The molecule has 4 heteroatoms. The molecule has 1 aliphatic heterocycles. The Balaban J connectivity index is 1.79. The lowest BCUT2D eigenvalue weighted by molar-refractivity contribution is 0.178. The van der Waals surface area contributed by atoms with Crippen LogP contribution in [0.15, 0.2) is 29.8 Å². The molecular weight excluding hydrogens is 234 g/mol. The van der Waals surface area contributed by atoms with Crippen molar-refractivity contribution in [3.8, 4) is 5.75 Å². The lowest BCUT2D eigenvalue weighted by Crippen LogP contribution is -2.01. The minimum Gasteiger partial charge on any atom is -0.493 e. The number of aliphatic hydroxyl groups excluding tert-OH is 1. The lowest BCUT2D eigenvalue weighted by Gasteiger charge is -2.10. The van der Waals surface area contributed by atoms with Gasteiger partial charge in [-0.1, -0.05) is 6.07 Å². The number of nitrogens with zero attached hydrogens (tertiary/aromatic N) is 1. The van der Waals surface area contributed by atoms with E-state index in [2.05, 4.69) is 4.98 Å². The summed E-state index contributed by atoms with van der Waals surface area (Å²) >= 11 is 1.58. The average Bonchev–Trinajstić information content (AvgIpc) is 2.97. The zero-order chi connectivity index (χ0) is 11.7. The number of aromatic nitrogens is 1. The van der Waals surface area contributed by atoms with Gasteiger partial charge in [0, 0.05) is 24.4 Å². The highest BCUT2D eigenvalue weighted by Gasteiger charge is 2.16. The van der Waals surface area contributed by atoms with Crippen molar-refractivity contribution < 1.29 is 9.84 Å².